The summed E-state index contributed by atoms with van der Waals surface area (Å²) in [4.78, 5) is 36.8. The van der Waals surface area contributed by atoms with Gasteiger partial charge in [0.1, 0.15) is 5.65 Å². The van der Waals surface area contributed by atoms with Crippen LogP contribution in [-0.4, -0.2) is 63.2 Å². The molecular weight excluding hydrogens is 468 g/mol. The molecule has 0 unspecified atom stereocenters. The van der Waals surface area contributed by atoms with Crippen LogP contribution in [-0.2, 0) is 22.5 Å². The van der Waals surface area contributed by atoms with Crippen molar-refractivity contribution in [2.24, 2.45) is 5.92 Å². The Morgan fingerprint density at radius 1 is 1.14 bits per heavy atom. The van der Waals surface area contributed by atoms with Crippen molar-refractivity contribution < 1.29 is 19.4 Å². The van der Waals surface area contributed by atoms with Crippen LogP contribution in [0.1, 0.15) is 60.4 Å². The fourth-order valence-electron chi connectivity index (χ4n) is 6.31. The summed E-state index contributed by atoms with van der Waals surface area (Å²) in [6, 6.07) is 6.35. The number of carbonyl (C=O) groups excluding carboxylic acids is 1. The summed E-state index contributed by atoms with van der Waals surface area (Å²) in [6.07, 6.45) is 7.85. The molecule has 37 heavy (non-hydrogen) atoms. The van der Waals surface area contributed by atoms with Crippen LogP contribution in [0.4, 0.5) is 4.79 Å². The topological polar surface area (TPSA) is 98.8 Å². The number of aromatic amines is 1. The normalized spacial score (nSPS) is 20.4. The predicted octanol–water partition coefficient (Wildman–Crippen LogP) is 5.05. The first-order valence-corrected chi connectivity index (χ1v) is 13.4. The van der Waals surface area contributed by atoms with Crippen LogP contribution in [0.5, 0.6) is 0 Å². The van der Waals surface area contributed by atoms with E-state index in [2.05, 4.69) is 35.1 Å². The van der Waals surface area contributed by atoms with Gasteiger partial charge < -0.3 is 24.6 Å². The predicted molar refractivity (Wildman–Crippen MR) is 140 cm³/mol. The van der Waals surface area contributed by atoms with E-state index in [1.165, 1.54) is 5.56 Å². The Balaban J connectivity index is 1.36. The Morgan fingerprint density at radius 2 is 1.97 bits per heavy atom. The number of carbonyl (C=O) groups is 2. The maximum absolute atomic E-state index is 13.3. The summed E-state index contributed by atoms with van der Waals surface area (Å²) in [5, 5.41) is 11.0. The number of benzene rings is 1. The van der Waals surface area contributed by atoms with E-state index >= 15 is 0 Å². The molecule has 3 aromatic rings. The van der Waals surface area contributed by atoms with E-state index in [-0.39, 0.29) is 11.9 Å². The molecule has 194 valence electrons. The van der Waals surface area contributed by atoms with Gasteiger partial charge in [-0.1, -0.05) is 6.07 Å². The van der Waals surface area contributed by atoms with Crippen LogP contribution in [0.2, 0.25) is 0 Å². The lowest BCUT2D eigenvalue weighted by molar-refractivity contribution is -0.133. The minimum atomic E-state index is -0.879. The summed E-state index contributed by atoms with van der Waals surface area (Å²) in [5.74, 6) is 0.591. The van der Waals surface area contributed by atoms with Crippen LogP contribution in [0, 0.1) is 12.8 Å². The first-order valence-electron chi connectivity index (χ1n) is 13.4. The van der Waals surface area contributed by atoms with Gasteiger partial charge in [-0.15, -0.1) is 0 Å². The molecule has 1 aromatic carbocycles. The number of pyridine rings is 1. The van der Waals surface area contributed by atoms with Gasteiger partial charge in [0.25, 0.3) is 0 Å². The number of rotatable bonds is 4. The number of nitrogens with zero attached hydrogens (tertiary/aromatic N) is 3. The smallest absolute Gasteiger partial charge is 0.407 e. The van der Waals surface area contributed by atoms with E-state index in [1.54, 1.807) is 4.90 Å². The summed E-state index contributed by atoms with van der Waals surface area (Å²) < 4.78 is 5.46. The molecule has 2 N–H and O–H groups in total. The Kier molecular flexibility index (Phi) is 6.36. The van der Waals surface area contributed by atoms with Gasteiger partial charge in [-0.05, 0) is 84.9 Å². The fraction of sp³-hybridized carbons (Fsp3) is 0.483. The molecule has 3 aliphatic heterocycles. The number of amides is 2. The number of ether oxygens (including phenoxy) is 1. The number of likely N-dealkylation sites (tertiary alicyclic amines) is 1. The fourth-order valence-corrected chi connectivity index (χ4v) is 6.31. The highest BCUT2D eigenvalue weighted by Gasteiger charge is 2.34. The lowest BCUT2D eigenvalue weighted by Crippen LogP contribution is -2.38. The Morgan fingerprint density at radius 3 is 2.78 bits per heavy atom. The molecule has 2 amide bonds. The summed E-state index contributed by atoms with van der Waals surface area (Å²) >= 11 is 0. The minimum Gasteiger partial charge on any atom is -0.465 e. The SMILES string of the molecule is Cc1c[nH]c2ncc(-c3cc4c(c([C@@H]5CCCN5C(=O)O)c3)CN(C(=O)CC3CCOCC3)CC4)cc12. The zero-order valence-electron chi connectivity index (χ0n) is 21.3. The molecule has 8 heteroatoms. The van der Waals surface area contributed by atoms with Crippen LogP contribution >= 0.6 is 0 Å². The first kappa shape index (κ1) is 24.0. The molecule has 5 heterocycles. The van der Waals surface area contributed by atoms with Crippen LogP contribution in [0.25, 0.3) is 22.2 Å². The second-order valence-electron chi connectivity index (χ2n) is 10.8. The summed E-state index contributed by atoms with van der Waals surface area (Å²) in [5.41, 5.74) is 7.48. The van der Waals surface area contributed by atoms with E-state index in [1.807, 2.05) is 17.3 Å². The third-order valence-corrected chi connectivity index (χ3v) is 8.46. The molecule has 0 bridgehead atoms. The van der Waals surface area contributed by atoms with Crippen molar-refractivity contribution in [2.45, 2.75) is 58.0 Å². The number of aryl methyl sites for hydroxylation is 1. The van der Waals surface area contributed by atoms with Gasteiger partial charge in [0.15, 0.2) is 0 Å². The number of fused-ring (bicyclic) bond motifs is 2. The number of nitrogens with one attached hydrogen (secondary N) is 1. The molecule has 3 aliphatic rings. The highest BCUT2D eigenvalue weighted by atomic mass is 16.5. The van der Waals surface area contributed by atoms with Crippen molar-refractivity contribution in [2.75, 3.05) is 26.3 Å². The molecule has 2 fully saturated rings. The second kappa shape index (κ2) is 9.82. The molecule has 0 saturated carbocycles. The Labute approximate surface area is 216 Å². The quantitative estimate of drug-likeness (QED) is 0.520. The van der Waals surface area contributed by atoms with Gasteiger partial charge in [-0.25, -0.2) is 9.78 Å². The molecule has 2 aromatic heterocycles. The second-order valence-corrected chi connectivity index (χ2v) is 10.8. The van der Waals surface area contributed by atoms with E-state index in [0.717, 1.165) is 84.2 Å². The van der Waals surface area contributed by atoms with Gasteiger partial charge in [-0.3, -0.25) is 4.79 Å². The number of hydrogen-bond donors (Lipinski definition) is 2. The number of aromatic nitrogens is 2. The number of carboxylic acid groups (broad SMARTS) is 1. The van der Waals surface area contributed by atoms with Crippen molar-refractivity contribution >= 4 is 23.0 Å². The third-order valence-electron chi connectivity index (χ3n) is 8.46. The standard InChI is InChI=1S/C29H34N4O4/c1-18-15-30-28-23(18)14-22(16-31-28)21-12-20-4-8-32(27(34)11-19-5-9-37-10-6-19)17-25(20)24(13-21)26-3-2-7-33(26)29(35)36/h12-16,19,26H,2-11,17H2,1H3,(H,30,31)(H,35,36)/t26-/m0/s1. The van der Waals surface area contributed by atoms with Crippen molar-refractivity contribution in [3.63, 3.8) is 0 Å². The van der Waals surface area contributed by atoms with E-state index in [4.69, 9.17) is 4.74 Å². The largest absolute Gasteiger partial charge is 0.465 e. The molecule has 0 radical (unpaired) electrons. The molecule has 0 aliphatic carbocycles. The average Bonchev–Trinajstić information content (AvgIpc) is 3.55. The maximum atomic E-state index is 13.3. The van der Waals surface area contributed by atoms with Crippen molar-refractivity contribution in [3.8, 4) is 11.1 Å². The Bertz CT molecular complexity index is 1340. The van der Waals surface area contributed by atoms with Crippen LogP contribution in [0.15, 0.2) is 30.6 Å². The van der Waals surface area contributed by atoms with E-state index in [9.17, 15) is 14.7 Å². The molecule has 6 rings (SSSR count). The minimum absolute atomic E-state index is 0.192. The molecule has 1 atom stereocenters. The van der Waals surface area contributed by atoms with E-state index in [0.29, 0.717) is 32.0 Å². The molecule has 0 spiro atoms. The van der Waals surface area contributed by atoms with Crippen LogP contribution < -0.4 is 0 Å². The van der Waals surface area contributed by atoms with Gasteiger partial charge in [0, 0.05) is 62.6 Å². The lowest BCUT2D eigenvalue weighted by atomic mass is 9.86. The Hall–Kier alpha value is -3.39. The van der Waals surface area contributed by atoms with Crippen molar-refractivity contribution in [1.82, 2.24) is 19.8 Å². The third kappa shape index (κ3) is 4.59. The lowest BCUT2D eigenvalue weighted by Gasteiger charge is -2.34. The van der Waals surface area contributed by atoms with Crippen LogP contribution in [0.3, 0.4) is 0 Å². The molecule has 2 saturated heterocycles. The van der Waals surface area contributed by atoms with E-state index < -0.39 is 6.09 Å². The highest BCUT2D eigenvalue weighted by molar-refractivity contribution is 5.85. The molecular formula is C29H34N4O4. The monoisotopic (exact) mass is 502 g/mol. The average molecular weight is 503 g/mol. The highest BCUT2D eigenvalue weighted by Crippen LogP contribution is 2.40. The zero-order valence-corrected chi connectivity index (χ0v) is 21.3. The number of H-pyrrole nitrogens is 1. The number of hydrogen-bond acceptors (Lipinski definition) is 4. The summed E-state index contributed by atoms with van der Waals surface area (Å²) in [6.45, 7) is 5.33. The van der Waals surface area contributed by atoms with Gasteiger partial charge >= 0.3 is 6.09 Å². The van der Waals surface area contributed by atoms with Crippen molar-refractivity contribution in [1.29, 1.82) is 0 Å². The van der Waals surface area contributed by atoms with Gasteiger partial charge in [0.05, 0.1) is 6.04 Å². The van der Waals surface area contributed by atoms with Gasteiger partial charge in [0.2, 0.25) is 5.91 Å². The van der Waals surface area contributed by atoms with Gasteiger partial charge in [-0.2, -0.15) is 0 Å². The first-order chi connectivity index (χ1) is 18.0. The maximum Gasteiger partial charge on any atom is 0.407 e. The molecule has 8 nitrogen and oxygen atoms in total. The van der Waals surface area contributed by atoms with Crippen molar-refractivity contribution in [3.05, 3.63) is 52.8 Å². The summed E-state index contributed by atoms with van der Waals surface area (Å²) in [7, 11) is 0. The zero-order chi connectivity index (χ0) is 25.5.